The number of rotatable bonds is 4. The first-order chi connectivity index (χ1) is 7.93. The van der Waals surface area contributed by atoms with Crippen molar-refractivity contribution in [3.63, 3.8) is 0 Å². The monoisotopic (exact) mass is 252 g/mol. The molecule has 92 valence electrons. The Hall–Kier alpha value is -1.54. The Balaban J connectivity index is 3.14. The largest absolute Gasteiger partial charge is 0.272 e. The second kappa shape index (κ2) is 5.19. The molecule has 1 rings (SSSR count). The van der Waals surface area contributed by atoms with Crippen molar-refractivity contribution in [2.75, 3.05) is 11.4 Å². The van der Waals surface area contributed by atoms with Crippen molar-refractivity contribution in [1.29, 1.82) is 5.26 Å². The molecule has 0 amide bonds. The number of nitriles is 1. The summed E-state index contributed by atoms with van der Waals surface area (Å²) in [5.41, 5.74) is 1.56. The second-order valence-electron chi connectivity index (χ2n) is 3.88. The smallest absolute Gasteiger partial charge is 0.251 e. The molecule has 0 spiro atoms. The van der Waals surface area contributed by atoms with Crippen molar-refractivity contribution >= 4 is 15.7 Å². The van der Waals surface area contributed by atoms with Gasteiger partial charge in [0.15, 0.2) is 5.25 Å². The average molecular weight is 252 g/mol. The van der Waals surface area contributed by atoms with Crippen LogP contribution in [-0.4, -0.2) is 20.7 Å². The van der Waals surface area contributed by atoms with Crippen molar-refractivity contribution in [2.24, 2.45) is 0 Å². The summed E-state index contributed by atoms with van der Waals surface area (Å²) in [6, 6.07) is 9.01. The van der Waals surface area contributed by atoms with Gasteiger partial charge >= 0.3 is 0 Å². The highest BCUT2D eigenvalue weighted by Gasteiger charge is 2.28. The maximum Gasteiger partial charge on any atom is 0.251 e. The van der Waals surface area contributed by atoms with E-state index in [4.69, 9.17) is 5.26 Å². The zero-order valence-corrected chi connectivity index (χ0v) is 11.0. The number of nitrogens with zero attached hydrogens (tertiary/aromatic N) is 2. The highest BCUT2D eigenvalue weighted by Crippen LogP contribution is 2.20. The van der Waals surface area contributed by atoms with Crippen molar-refractivity contribution in [1.82, 2.24) is 0 Å². The van der Waals surface area contributed by atoms with Gasteiger partial charge in [-0.05, 0) is 31.0 Å². The van der Waals surface area contributed by atoms with Gasteiger partial charge in [0.2, 0.25) is 0 Å². The van der Waals surface area contributed by atoms with Crippen LogP contribution in [0.15, 0.2) is 24.3 Å². The van der Waals surface area contributed by atoms with Crippen molar-refractivity contribution in [2.45, 2.75) is 25.5 Å². The summed E-state index contributed by atoms with van der Waals surface area (Å²) in [6.45, 7) is 3.58. The zero-order chi connectivity index (χ0) is 13.1. The van der Waals surface area contributed by atoms with Crippen LogP contribution in [0.3, 0.4) is 0 Å². The van der Waals surface area contributed by atoms with E-state index in [2.05, 4.69) is 0 Å². The minimum Gasteiger partial charge on any atom is -0.272 e. The van der Waals surface area contributed by atoms with E-state index in [1.165, 1.54) is 11.4 Å². The lowest BCUT2D eigenvalue weighted by molar-refractivity contribution is 0.585. The van der Waals surface area contributed by atoms with E-state index in [1.54, 1.807) is 25.1 Å². The van der Waals surface area contributed by atoms with Crippen LogP contribution in [0.25, 0.3) is 0 Å². The van der Waals surface area contributed by atoms with Gasteiger partial charge in [-0.3, -0.25) is 4.31 Å². The maximum absolute atomic E-state index is 12.1. The molecule has 4 nitrogen and oxygen atoms in total. The van der Waals surface area contributed by atoms with E-state index in [9.17, 15) is 8.42 Å². The molecule has 0 aliphatic heterocycles. The molecule has 1 aromatic carbocycles. The number of hydrogen-bond donors (Lipinski definition) is 0. The van der Waals surface area contributed by atoms with Gasteiger partial charge in [-0.2, -0.15) is 5.26 Å². The van der Waals surface area contributed by atoms with Gasteiger partial charge in [-0.15, -0.1) is 0 Å². The molecule has 17 heavy (non-hydrogen) atoms. The molecular formula is C12H16N2O2S. The summed E-state index contributed by atoms with van der Waals surface area (Å²) in [5.74, 6) is 0. The van der Waals surface area contributed by atoms with Crippen LogP contribution in [0.1, 0.15) is 18.9 Å². The Morgan fingerprint density at radius 1 is 1.47 bits per heavy atom. The van der Waals surface area contributed by atoms with Gasteiger partial charge in [0, 0.05) is 7.05 Å². The normalized spacial score (nSPS) is 12.8. The van der Waals surface area contributed by atoms with Gasteiger partial charge in [0.25, 0.3) is 10.0 Å². The second-order valence-corrected chi connectivity index (χ2v) is 6.02. The fourth-order valence-corrected chi connectivity index (χ4v) is 2.87. The van der Waals surface area contributed by atoms with Gasteiger partial charge in [-0.25, -0.2) is 8.42 Å². The molecule has 0 aliphatic rings. The Morgan fingerprint density at radius 3 is 2.59 bits per heavy atom. The average Bonchev–Trinajstić information content (AvgIpc) is 2.29. The molecule has 1 unspecified atom stereocenters. The molecule has 0 saturated carbocycles. The molecule has 5 heteroatoms. The molecular weight excluding hydrogens is 236 g/mol. The third-order valence-corrected chi connectivity index (χ3v) is 4.75. The number of sulfonamides is 1. The molecule has 1 aromatic rings. The molecule has 0 saturated heterocycles. The molecule has 0 bridgehead atoms. The fourth-order valence-electron chi connectivity index (χ4n) is 1.53. The molecule has 0 radical (unpaired) electrons. The first kappa shape index (κ1) is 13.5. The first-order valence-corrected chi connectivity index (χ1v) is 6.87. The quantitative estimate of drug-likeness (QED) is 0.824. The molecule has 0 aliphatic carbocycles. The van der Waals surface area contributed by atoms with Gasteiger partial charge in [0.1, 0.15) is 0 Å². The van der Waals surface area contributed by atoms with Gasteiger partial charge in [-0.1, -0.05) is 19.1 Å². The summed E-state index contributed by atoms with van der Waals surface area (Å²) >= 11 is 0. The Bertz CT molecular complexity index is 532. The predicted octanol–water partition coefficient (Wildman–Crippen LogP) is 2.06. The van der Waals surface area contributed by atoms with Crippen LogP contribution in [0, 0.1) is 18.3 Å². The summed E-state index contributed by atoms with van der Waals surface area (Å²) in [7, 11) is -2.12. The van der Waals surface area contributed by atoms with E-state index >= 15 is 0 Å². The van der Waals surface area contributed by atoms with Crippen LogP contribution in [0.4, 0.5) is 5.69 Å². The molecule has 0 N–H and O–H groups in total. The topological polar surface area (TPSA) is 61.2 Å². The molecule has 1 atom stereocenters. The molecule has 0 aromatic heterocycles. The number of aryl methyl sites for hydroxylation is 1. The molecule has 0 heterocycles. The lowest BCUT2D eigenvalue weighted by atomic mass is 10.2. The minimum absolute atomic E-state index is 0.287. The van der Waals surface area contributed by atoms with Crippen LogP contribution in [0.5, 0.6) is 0 Å². The third-order valence-electron chi connectivity index (χ3n) is 2.62. The van der Waals surface area contributed by atoms with E-state index in [1.807, 2.05) is 19.1 Å². The first-order valence-electron chi connectivity index (χ1n) is 5.37. The SMILES string of the molecule is CCC(C#N)S(=O)(=O)N(C)c1cccc(C)c1. The number of benzene rings is 1. The highest BCUT2D eigenvalue weighted by atomic mass is 32.2. The van der Waals surface area contributed by atoms with E-state index in [-0.39, 0.29) is 6.42 Å². The van der Waals surface area contributed by atoms with Crippen LogP contribution >= 0.6 is 0 Å². The van der Waals surface area contributed by atoms with Gasteiger partial charge in [0.05, 0.1) is 11.8 Å². The lowest BCUT2D eigenvalue weighted by Crippen LogP contribution is -2.35. The van der Waals surface area contributed by atoms with Crippen LogP contribution < -0.4 is 4.31 Å². The van der Waals surface area contributed by atoms with Crippen molar-refractivity contribution in [3.05, 3.63) is 29.8 Å². The highest BCUT2D eigenvalue weighted by molar-refractivity contribution is 7.93. The third kappa shape index (κ3) is 2.77. The number of anilines is 1. The minimum atomic E-state index is -3.60. The fraction of sp³-hybridized carbons (Fsp3) is 0.417. The van der Waals surface area contributed by atoms with E-state index in [0.29, 0.717) is 5.69 Å². The standard InChI is InChI=1S/C12H16N2O2S/c1-4-12(9-13)17(15,16)14(3)11-7-5-6-10(2)8-11/h5-8,12H,4H2,1-3H3. The summed E-state index contributed by atoms with van der Waals surface area (Å²) < 4.78 is 25.4. The summed E-state index contributed by atoms with van der Waals surface area (Å²) in [6.07, 6.45) is 0.287. The van der Waals surface area contributed by atoms with Crippen molar-refractivity contribution in [3.8, 4) is 6.07 Å². The lowest BCUT2D eigenvalue weighted by Gasteiger charge is -2.22. The molecule has 0 fully saturated rings. The predicted molar refractivity (Wildman–Crippen MR) is 68.2 cm³/mol. The Kier molecular flexibility index (Phi) is 4.13. The van der Waals surface area contributed by atoms with Crippen LogP contribution in [-0.2, 0) is 10.0 Å². The number of hydrogen-bond acceptors (Lipinski definition) is 3. The van der Waals surface area contributed by atoms with E-state index < -0.39 is 15.3 Å². The summed E-state index contributed by atoms with van der Waals surface area (Å²) in [4.78, 5) is 0. The van der Waals surface area contributed by atoms with Crippen LogP contribution in [0.2, 0.25) is 0 Å². The summed E-state index contributed by atoms with van der Waals surface area (Å²) in [5, 5.41) is 7.86. The van der Waals surface area contributed by atoms with E-state index in [0.717, 1.165) is 5.56 Å². The maximum atomic E-state index is 12.1. The Labute approximate surface area is 103 Å². The zero-order valence-electron chi connectivity index (χ0n) is 10.2. The van der Waals surface area contributed by atoms with Crippen molar-refractivity contribution < 1.29 is 8.42 Å². The van der Waals surface area contributed by atoms with Gasteiger partial charge < -0.3 is 0 Å². The Morgan fingerprint density at radius 2 is 2.12 bits per heavy atom.